The monoisotopic (exact) mass is 297 g/mol. The number of nitrogens with zero attached hydrogens (tertiary/aromatic N) is 2. The van der Waals surface area contributed by atoms with Gasteiger partial charge in [0.05, 0.1) is 5.69 Å². The van der Waals surface area contributed by atoms with Crippen LogP contribution in [0.4, 0.5) is 0 Å². The third-order valence-corrected chi connectivity index (χ3v) is 4.24. The van der Waals surface area contributed by atoms with E-state index in [0.717, 1.165) is 36.5 Å². The Morgan fingerprint density at radius 3 is 2.95 bits per heavy atom. The van der Waals surface area contributed by atoms with E-state index in [0.29, 0.717) is 11.8 Å². The van der Waals surface area contributed by atoms with Gasteiger partial charge in [-0.25, -0.2) is 9.97 Å². The third kappa shape index (κ3) is 3.83. The molecular weight excluding hydrogens is 274 g/mol. The number of hydrogen-bond donors (Lipinski definition) is 2. The molecule has 0 amide bonds. The van der Waals surface area contributed by atoms with Crippen LogP contribution in [0.5, 0.6) is 5.75 Å². The quantitative estimate of drug-likeness (QED) is 0.909. The van der Waals surface area contributed by atoms with Crippen LogP contribution in [-0.4, -0.2) is 27.7 Å². The Morgan fingerprint density at radius 2 is 2.18 bits per heavy atom. The van der Waals surface area contributed by atoms with Gasteiger partial charge in [0.15, 0.2) is 0 Å². The molecule has 0 bridgehead atoms. The lowest BCUT2D eigenvalue weighted by molar-refractivity contribution is 0.382. The number of benzene rings is 1. The number of rotatable bonds is 4. The van der Waals surface area contributed by atoms with Crippen LogP contribution in [0.3, 0.4) is 0 Å². The predicted octanol–water partition coefficient (Wildman–Crippen LogP) is 3.23. The molecule has 4 nitrogen and oxygen atoms in total. The molecule has 0 unspecified atom stereocenters. The lowest BCUT2D eigenvalue weighted by Crippen LogP contribution is -2.34. The molecule has 2 heterocycles. The molecule has 22 heavy (non-hydrogen) atoms. The first-order valence-corrected chi connectivity index (χ1v) is 8.07. The van der Waals surface area contributed by atoms with Crippen molar-refractivity contribution in [2.24, 2.45) is 0 Å². The first-order chi connectivity index (χ1) is 10.7. The van der Waals surface area contributed by atoms with Crippen molar-refractivity contribution in [3.63, 3.8) is 0 Å². The summed E-state index contributed by atoms with van der Waals surface area (Å²) in [4.78, 5) is 8.57. The van der Waals surface area contributed by atoms with E-state index in [2.05, 4.69) is 21.4 Å². The SMILES string of the molecule is Cc1nccc(-c2cc(O)cc(CC[C@@H]3CCCCN3)c2)n1. The maximum absolute atomic E-state index is 10.0. The third-order valence-electron chi connectivity index (χ3n) is 4.24. The van der Waals surface area contributed by atoms with Crippen molar-refractivity contribution in [2.45, 2.75) is 45.1 Å². The van der Waals surface area contributed by atoms with Crippen molar-refractivity contribution in [1.82, 2.24) is 15.3 Å². The van der Waals surface area contributed by atoms with Crippen LogP contribution in [0, 0.1) is 6.92 Å². The van der Waals surface area contributed by atoms with Crippen LogP contribution < -0.4 is 5.32 Å². The minimum atomic E-state index is 0.306. The fourth-order valence-corrected chi connectivity index (χ4v) is 3.09. The second-order valence-electron chi connectivity index (χ2n) is 6.06. The highest BCUT2D eigenvalue weighted by Gasteiger charge is 2.13. The van der Waals surface area contributed by atoms with Crippen molar-refractivity contribution in [2.75, 3.05) is 6.54 Å². The van der Waals surface area contributed by atoms with Gasteiger partial charge in [-0.1, -0.05) is 6.42 Å². The van der Waals surface area contributed by atoms with Gasteiger partial charge in [-0.15, -0.1) is 0 Å². The Bertz CT molecular complexity index is 636. The molecular formula is C18H23N3O. The summed E-state index contributed by atoms with van der Waals surface area (Å²) in [6.45, 7) is 3.01. The molecule has 4 heteroatoms. The number of piperidine rings is 1. The Morgan fingerprint density at radius 1 is 1.27 bits per heavy atom. The summed E-state index contributed by atoms with van der Waals surface area (Å²) in [5, 5.41) is 13.6. The van der Waals surface area contributed by atoms with E-state index in [1.807, 2.05) is 19.1 Å². The topological polar surface area (TPSA) is 58.0 Å². The van der Waals surface area contributed by atoms with E-state index in [1.165, 1.54) is 24.8 Å². The molecule has 1 saturated heterocycles. The zero-order chi connectivity index (χ0) is 15.4. The van der Waals surface area contributed by atoms with Gasteiger partial charge < -0.3 is 10.4 Å². The van der Waals surface area contributed by atoms with E-state index < -0.39 is 0 Å². The Kier molecular flexibility index (Phi) is 4.68. The van der Waals surface area contributed by atoms with Crippen LogP contribution in [0.2, 0.25) is 0 Å². The van der Waals surface area contributed by atoms with Gasteiger partial charge in [0.2, 0.25) is 0 Å². The number of phenolic OH excluding ortho intramolecular Hbond substituents is 1. The maximum Gasteiger partial charge on any atom is 0.125 e. The molecule has 0 saturated carbocycles. The zero-order valence-corrected chi connectivity index (χ0v) is 13.0. The second-order valence-corrected chi connectivity index (χ2v) is 6.06. The van der Waals surface area contributed by atoms with Crippen LogP contribution in [0.1, 0.15) is 37.1 Å². The van der Waals surface area contributed by atoms with E-state index in [-0.39, 0.29) is 0 Å². The smallest absolute Gasteiger partial charge is 0.125 e. The molecule has 0 aliphatic carbocycles. The van der Waals surface area contributed by atoms with Crippen LogP contribution in [0.15, 0.2) is 30.5 Å². The number of hydrogen-bond acceptors (Lipinski definition) is 4. The first-order valence-electron chi connectivity index (χ1n) is 8.07. The summed E-state index contributed by atoms with van der Waals surface area (Å²) in [6.07, 6.45) is 7.72. The summed E-state index contributed by atoms with van der Waals surface area (Å²) in [7, 11) is 0. The highest BCUT2D eigenvalue weighted by atomic mass is 16.3. The fourth-order valence-electron chi connectivity index (χ4n) is 3.09. The lowest BCUT2D eigenvalue weighted by Gasteiger charge is -2.23. The molecule has 1 aromatic carbocycles. The molecule has 1 atom stereocenters. The minimum Gasteiger partial charge on any atom is -0.508 e. The standard InChI is InChI=1S/C18H23N3O/c1-13-19-9-7-18(21-13)15-10-14(11-17(22)12-15)5-6-16-4-2-3-8-20-16/h7,9-12,16,20,22H,2-6,8H2,1H3/t16-/m0/s1. The van der Waals surface area contributed by atoms with E-state index in [4.69, 9.17) is 0 Å². The summed E-state index contributed by atoms with van der Waals surface area (Å²) in [6, 6.07) is 8.25. The Labute approximate surface area is 131 Å². The summed E-state index contributed by atoms with van der Waals surface area (Å²) in [5.41, 5.74) is 2.98. The molecule has 1 fully saturated rings. The molecule has 1 aliphatic rings. The molecule has 116 valence electrons. The highest BCUT2D eigenvalue weighted by Crippen LogP contribution is 2.25. The summed E-state index contributed by atoms with van der Waals surface area (Å²) in [5.74, 6) is 1.05. The van der Waals surface area contributed by atoms with Gasteiger partial charge in [0, 0.05) is 17.8 Å². The second kappa shape index (κ2) is 6.88. The van der Waals surface area contributed by atoms with Crippen LogP contribution in [0.25, 0.3) is 11.3 Å². The predicted molar refractivity (Wildman–Crippen MR) is 87.8 cm³/mol. The van der Waals surface area contributed by atoms with Gasteiger partial charge in [-0.05, 0) is 69.0 Å². The van der Waals surface area contributed by atoms with Crippen molar-refractivity contribution in [3.05, 3.63) is 41.9 Å². The van der Waals surface area contributed by atoms with Gasteiger partial charge in [-0.2, -0.15) is 0 Å². The lowest BCUT2D eigenvalue weighted by atomic mass is 9.96. The van der Waals surface area contributed by atoms with E-state index in [9.17, 15) is 5.11 Å². The molecule has 0 spiro atoms. The van der Waals surface area contributed by atoms with E-state index >= 15 is 0 Å². The fraction of sp³-hybridized carbons (Fsp3) is 0.444. The zero-order valence-electron chi connectivity index (χ0n) is 13.0. The average Bonchev–Trinajstić information content (AvgIpc) is 2.53. The van der Waals surface area contributed by atoms with Crippen molar-refractivity contribution >= 4 is 0 Å². The highest BCUT2D eigenvalue weighted by molar-refractivity contribution is 5.62. The number of phenols is 1. The van der Waals surface area contributed by atoms with Gasteiger partial charge in [0.1, 0.15) is 11.6 Å². The molecule has 2 N–H and O–H groups in total. The van der Waals surface area contributed by atoms with Crippen LogP contribution in [-0.2, 0) is 6.42 Å². The largest absolute Gasteiger partial charge is 0.508 e. The molecule has 0 radical (unpaired) electrons. The number of aromatic nitrogens is 2. The molecule has 1 aliphatic heterocycles. The van der Waals surface area contributed by atoms with Gasteiger partial charge in [-0.3, -0.25) is 0 Å². The average molecular weight is 297 g/mol. The molecule has 1 aromatic heterocycles. The van der Waals surface area contributed by atoms with Gasteiger partial charge >= 0.3 is 0 Å². The maximum atomic E-state index is 10.0. The number of aryl methyl sites for hydroxylation is 2. The number of aromatic hydroxyl groups is 1. The van der Waals surface area contributed by atoms with E-state index in [1.54, 1.807) is 12.3 Å². The minimum absolute atomic E-state index is 0.306. The Balaban J connectivity index is 1.74. The summed E-state index contributed by atoms with van der Waals surface area (Å²) >= 11 is 0. The Hall–Kier alpha value is -1.94. The van der Waals surface area contributed by atoms with Crippen molar-refractivity contribution in [3.8, 4) is 17.0 Å². The first kappa shape index (κ1) is 15.0. The van der Waals surface area contributed by atoms with Gasteiger partial charge in [0.25, 0.3) is 0 Å². The van der Waals surface area contributed by atoms with Crippen LogP contribution >= 0.6 is 0 Å². The molecule has 3 rings (SSSR count). The van der Waals surface area contributed by atoms with Crippen molar-refractivity contribution in [1.29, 1.82) is 0 Å². The van der Waals surface area contributed by atoms with Crippen molar-refractivity contribution < 1.29 is 5.11 Å². The number of nitrogens with one attached hydrogen (secondary N) is 1. The molecule has 2 aromatic rings. The normalized spacial score (nSPS) is 18.3. The summed E-state index contributed by atoms with van der Waals surface area (Å²) < 4.78 is 0.